The Morgan fingerprint density at radius 1 is 1.40 bits per heavy atom. The lowest BCUT2D eigenvalue weighted by Gasteiger charge is -1.91. The second-order valence-corrected chi connectivity index (χ2v) is 2.04. The number of hydrogen-bond donors (Lipinski definition) is 0. The first kappa shape index (κ1) is 5.29. The van der Waals surface area contributed by atoms with Crippen LogP contribution >= 0.6 is 0 Å². The molecular formula is C7H5NO2. The van der Waals surface area contributed by atoms with Gasteiger partial charge in [0.25, 0.3) is 0 Å². The van der Waals surface area contributed by atoms with Crippen molar-refractivity contribution in [2.24, 2.45) is 0 Å². The first-order valence-corrected chi connectivity index (χ1v) is 2.92. The fraction of sp³-hybridized carbons (Fsp3) is 0. The van der Waals surface area contributed by atoms with E-state index < -0.39 is 0 Å². The van der Waals surface area contributed by atoms with Crippen LogP contribution in [0.3, 0.4) is 0 Å². The van der Waals surface area contributed by atoms with Crippen LogP contribution in [0.5, 0.6) is 0 Å². The Morgan fingerprint density at radius 2 is 2.30 bits per heavy atom. The van der Waals surface area contributed by atoms with Gasteiger partial charge in [0, 0.05) is 11.5 Å². The molecule has 2 aromatic rings. The molecule has 0 atom stereocenters. The van der Waals surface area contributed by atoms with Crippen LogP contribution in [0.25, 0.3) is 11.0 Å². The molecule has 0 N–H and O–H groups in total. The number of aromatic nitrogens is 1. The van der Waals surface area contributed by atoms with Gasteiger partial charge in [-0.25, -0.2) is 0 Å². The van der Waals surface area contributed by atoms with Gasteiger partial charge in [-0.05, 0) is 6.07 Å². The predicted octanol–water partition coefficient (Wildman–Crippen LogP) is 1.07. The fourth-order valence-electron chi connectivity index (χ4n) is 0.886. The molecule has 2 aromatic heterocycles. The second-order valence-electron chi connectivity index (χ2n) is 2.04. The van der Waals surface area contributed by atoms with Gasteiger partial charge in [-0.3, -0.25) is 0 Å². The fourth-order valence-corrected chi connectivity index (χ4v) is 0.886. The maximum atomic E-state index is 10.6. The van der Waals surface area contributed by atoms with Gasteiger partial charge in [-0.2, -0.15) is 4.73 Å². The second kappa shape index (κ2) is 1.73. The van der Waals surface area contributed by atoms with Crippen molar-refractivity contribution in [3.63, 3.8) is 0 Å². The summed E-state index contributed by atoms with van der Waals surface area (Å²) in [5.41, 5.74) is 0.623. The molecule has 3 heteroatoms. The molecule has 0 aliphatic heterocycles. The molecule has 2 heterocycles. The highest BCUT2D eigenvalue weighted by molar-refractivity contribution is 5.74. The third kappa shape index (κ3) is 0.639. The summed E-state index contributed by atoms with van der Waals surface area (Å²) in [5, 5.41) is 11.6. The maximum Gasteiger partial charge on any atom is 0.223 e. The smallest absolute Gasteiger partial charge is 0.223 e. The average molecular weight is 135 g/mol. The topological polar surface area (TPSA) is 40.1 Å². The monoisotopic (exact) mass is 135 g/mol. The van der Waals surface area contributed by atoms with Gasteiger partial charge in [0.15, 0.2) is 11.8 Å². The summed E-state index contributed by atoms with van der Waals surface area (Å²) in [7, 11) is 0. The van der Waals surface area contributed by atoms with Crippen LogP contribution < -0.4 is 4.73 Å². The van der Waals surface area contributed by atoms with Gasteiger partial charge in [0.2, 0.25) is 6.20 Å². The van der Waals surface area contributed by atoms with Gasteiger partial charge in [-0.15, -0.1) is 0 Å². The van der Waals surface area contributed by atoms with Crippen LogP contribution in [0.1, 0.15) is 0 Å². The van der Waals surface area contributed by atoms with E-state index in [1.165, 1.54) is 12.4 Å². The third-order valence-corrected chi connectivity index (χ3v) is 1.37. The minimum absolute atomic E-state index is 0.623. The summed E-state index contributed by atoms with van der Waals surface area (Å²) in [5.74, 6) is 0. The minimum Gasteiger partial charge on any atom is -0.619 e. The number of furan rings is 1. The van der Waals surface area contributed by atoms with E-state index in [2.05, 4.69) is 0 Å². The lowest BCUT2D eigenvalue weighted by molar-refractivity contribution is -0.604. The first-order chi connectivity index (χ1) is 4.86. The largest absolute Gasteiger partial charge is 0.619 e. The highest BCUT2D eigenvalue weighted by atomic mass is 16.5. The zero-order valence-electron chi connectivity index (χ0n) is 5.15. The number of hydrogen-bond acceptors (Lipinski definition) is 2. The summed E-state index contributed by atoms with van der Waals surface area (Å²) < 4.78 is 5.69. The van der Waals surface area contributed by atoms with Crippen molar-refractivity contribution < 1.29 is 9.15 Å². The Labute approximate surface area is 57.1 Å². The Hall–Kier alpha value is -1.51. The van der Waals surface area contributed by atoms with Crippen molar-refractivity contribution in [1.82, 2.24) is 0 Å². The Morgan fingerprint density at radius 3 is 3.20 bits per heavy atom. The van der Waals surface area contributed by atoms with Gasteiger partial charge in [0.1, 0.15) is 0 Å². The van der Waals surface area contributed by atoms with Crippen LogP contribution in [-0.2, 0) is 0 Å². The molecule has 0 saturated carbocycles. The number of pyridine rings is 1. The Bertz CT molecular complexity index is 353. The molecule has 0 unspecified atom stereocenters. The summed E-state index contributed by atoms with van der Waals surface area (Å²) >= 11 is 0. The maximum absolute atomic E-state index is 10.6. The number of fused-ring (bicyclic) bond motifs is 1. The molecular weight excluding hydrogens is 130 g/mol. The Kier molecular flexibility index (Phi) is 0.917. The quantitative estimate of drug-likeness (QED) is 0.400. The van der Waals surface area contributed by atoms with Crippen LogP contribution in [0.2, 0.25) is 0 Å². The summed E-state index contributed by atoms with van der Waals surface area (Å²) in [6.45, 7) is 0. The molecule has 3 nitrogen and oxygen atoms in total. The van der Waals surface area contributed by atoms with Crippen molar-refractivity contribution >= 4 is 11.0 Å². The normalized spacial score (nSPS) is 10.4. The molecule has 2 rings (SSSR count). The van der Waals surface area contributed by atoms with Crippen molar-refractivity contribution in [3.8, 4) is 0 Å². The summed E-state index contributed by atoms with van der Waals surface area (Å²) in [4.78, 5) is 0. The number of rotatable bonds is 0. The predicted molar refractivity (Wildman–Crippen MR) is 35.2 cm³/mol. The third-order valence-electron chi connectivity index (χ3n) is 1.37. The van der Waals surface area contributed by atoms with E-state index in [4.69, 9.17) is 4.42 Å². The van der Waals surface area contributed by atoms with E-state index in [0.29, 0.717) is 10.3 Å². The average Bonchev–Trinajstić information content (AvgIpc) is 2.33. The zero-order chi connectivity index (χ0) is 6.97. The minimum atomic E-state index is 0.623. The van der Waals surface area contributed by atoms with Gasteiger partial charge >= 0.3 is 0 Å². The zero-order valence-corrected chi connectivity index (χ0v) is 5.15. The molecule has 0 amide bonds. The number of nitrogens with zero attached hydrogens (tertiary/aromatic N) is 1. The lowest BCUT2D eigenvalue weighted by Crippen LogP contribution is -2.23. The molecule has 0 bridgehead atoms. The van der Waals surface area contributed by atoms with Crippen molar-refractivity contribution in [2.45, 2.75) is 0 Å². The molecule has 0 fully saturated rings. The van der Waals surface area contributed by atoms with Crippen LogP contribution in [0, 0.1) is 5.21 Å². The first-order valence-electron chi connectivity index (χ1n) is 2.92. The molecule has 0 aromatic carbocycles. The van der Waals surface area contributed by atoms with Crippen molar-refractivity contribution in [3.05, 3.63) is 36.0 Å². The van der Waals surface area contributed by atoms with Gasteiger partial charge in [-0.1, -0.05) is 0 Å². The lowest BCUT2D eigenvalue weighted by atomic mass is 10.3. The van der Waals surface area contributed by atoms with E-state index in [-0.39, 0.29) is 0 Å². The van der Waals surface area contributed by atoms with E-state index >= 15 is 0 Å². The highest BCUT2D eigenvalue weighted by Gasteiger charge is 1.97. The molecule has 0 spiro atoms. The summed E-state index contributed by atoms with van der Waals surface area (Å²) in [6.07, 6.45) is 4.40. The van der Waals surface area contributed by atoms with E-state index in [9.17, 15) is 5.21 Å². The van der Waals surface area contributed by atoms with E-state index in [1.807, 2.05) is 6.07 Å². The summed E-state index contributed by atoms with van der Waals surface area (Å²) in [6, 6.07) is 3.53. The standard InChI is InChI=1S/C7H5NO2/c9-8-3-1-6-2-4-10-7(6)5-8/h1-5H. The molecule has 50 valence electrons. The molecule has 0 saturated heterocycles. The van der Waals surface area contributed by atoms with E-state index in [1.54, 1.807) is 12.3 Å². The van der Waals surface area contributed by atoms with Crippen molar-refractivity contribution in [2.75, 3.05) is 0 Å². The molecule has 0 radical (unpaired) electrons. The van der Waals surface area contributed by atoms with Crippen LogP contribution in [0.4, 0.5) is 0 Å². The van der Waals surface area contributed by atoms with Crippen LogP contribution in [-0.4, -0.2) is 0 Å². The van der Waals surface area contributed by atoms with Gasteiger partial charge < -0.3 is 9.62 Å². The molecule has 0 aliphatic rings. The van der Waals surface area contributed by atoms with Crippen LogP contribution in [0.15, 0.2) is 35.2 Å². The Balaban J connectivity index is 2.86. The SMILES string of the molecule is [O-][n+]1ccc2ccoc2c1. The molecule has 10 heavy (non-hydrogen) atoms. The van der Waals surface area contributed by atoms with Gasteiger partial charge in [0.05, 0.1) is 6.26 Å². The highest BCUT2D eigenvalue weighted by Crippen LogP contribution is 2.10. The van der Waals surface area contributed by atoms with Crippen molar-refractivity contribution in [1.29, 1.82) is 0 Å². The van der Waals surface area contributed by atoms with E-state index in [0.717, 1.165) is 5.39 Å². The molecule has 0 aliphatic carbocycles.